The third-order valence-corrected chi connectivity index (χ3v) is 3.41. The molecule has 2 aromatic rings. The molecule has 7 heteroatoms. The number of nitrogens with zero attached hydrogens (tertiary/aromatic N) is 3. The molecule has 20 heavy (non-hydrogen) atoms. The van der Waals surface area contributed by atoms with Gasteiger partial charge in [-0.3, -0.25) is 0 Å². The molecular weight excluding hydrogens is 276 g/mol. The summed E-state index contributed by atoms with van der Waals surface area (Å²) in [5.41, 5.74) is 1.40. The highest BCUT2D eigenvalue weighted by Crippen LogP contribution is 2.12. The fourth-order valence-corrected chi connectivity index (χ4v) is 2.42. The molecule has 0 atom stereocenters. The molecule has 0 aliphatic heterocycles. The van der Waals surface area contributed by atoms with Gasteiger partial charge in [0.05, 0.1) is 16.6 Å². The molecule has 2 heterocycles. The number of anilines is 1. The highest BCUT2D eigenvalue weighted by Gasteiger charge is 2.08. The molecule has 0 aliphatic rings. The molecule has 2 N–H and O–H groups in total. The Kier molecular flexibility index (Phi) is 4.27. The smallest absolute Gasteiger partial charge is 0.355 e. The van der Waals surface area contributed by atoms with Crippen molar-refractivity contribution in [3.05, 3.63) is 39.5 Å². The summed E-state index contributed by atoms with van der Waals surface area (Å²) in [7, 11) is 0. The van der Waals surface area contributed by atoms with Gasteiger partial charge in [-0.05, 0) is 19.1 Å². The lowest BCUT2D eigenvalue weighted by Gasteiger charge is -2.05. The first-order valence-electron chi connectivity index (χ1n) is 5.89. The lowest BCUT2D eigenvalue weighted by molar-refractivity contribution is 0.0691. The summed E-state index contributed by atoms with van der Waals surface area (Å²) in [6.45, 7) is 2.40. The van der Waals surface area contributed by atoms with Crippen LogP contribution in [0, 0.1) is 18.3 Å². The topological polar surface area (TPSA) is 98.9 Å². The molecule has 0 saturated heterocycles. The number of pyridine rings is 1. The molecule has 0 spiro atoms. The molecular formula is C13H12N4O2S. The van der Waals surface area contributed by atoms with E-state index in [-0.39, 0.29) is 5.69 Å². The molecule has 2 rings (SSSR count). The highest BCUT2D eigenvalue weighted by atomic mass is 32.1. The quantitative estimate of drug-likeness (QED) is 0.873. The second-order valence-corrected chi connectivity index (χ2v) is 5.05. The minimum absolute atomic E-state index is 0.0745. The third-order valence-electron chi connectivity index (χ3n) is 2.50. The first-order chi connectivity index (χ1) is 9.58. The molecule has 0 unspecified atom stereocenters. The Hall–Kier alpha value is -2.46. The molecule has 0 amide bonds. The van der Waals surface area contributed by atoms with Gasteiger partial charge in [0.2, 0.25) is 0 Å². The number of hydrogen-bond donors (Lipinski definition) is 2. The Labute approximate surface area is 119 Å². The van der Waals surface area contributed by atoms with Gasteiger partial charge < -0.3 is 10.4 Å². The highest BCUT2D eigenvalue weighted by molar-refractivity contribution is 7.09. The van der Waals surface area contributed by atoms with Crippen LogP contribution in [0.3, 0.4) is 0 Å². The Morgan fingerprint density at radius 2 is 2.30 bits per heavy atom. The van der Waals surface area contributed by atoms with Crippen LogP contribution in [0.2, 0.25) is 0 Å². The Bertz CT molecular complexity index is 675. The zero-order valence-electron chi connectivity index (χ0n) is 10.8. The largest absolute Gasteiger partial charge is 0.476 e. The van der Waals surface area contributed by atoms with E-state index in [0.29, 0.717) is 24.3 Å². The summed E-state index contributed by atoms with van der Waals surface area (Å²) in [4.78, 5) is 19.0. The number of nitrogens with one attached hydrogen (secondary N) is 1. The Balaban J connectivity index is 1.94. The summed E-state index contributed by atoms with van der Waals surface area (Å²) in [5.74, 6) is -0.379. The van der Waals surface area contributed by atoms with Crippen LogP contribution >= 0.6 is 11.3 Å². The average molecular weight is 288 g/mol. The van der Waals surface area contributed by atoms with Crippen LogP contribution < -0.4 is 5.32 Å². The first-order valence-corrected chi connectivity index (χ1v) is 6.77. The van der Waals surface area contributed by atoms with Crippen molar-refractivity contribution in [3.63, 3.8) is 0 Å². The average Bonchev–Trinajstić information content (AvgIpc) is 2.87. The van der Waals surface area contributed by atoms with Gasteiger partial charge in [-0.2, -0.15) is 5.26 Å². The van der Waals surface area contributed by atoms with Gasteiger partial charge in [0, 0.05) is 24.0 Å². The maximum Gasteiger partial charge on any atom is 0.355 e. The summed E-state index contributed by atoms with van der Waals surface area (Å²) < 4.78 is 0. The zero-order chi connectivity index (χ0) is 14.5. The van der Waals surface area contributed by atoms with Crippen LogP contribution in [0.5, 0.6) is 0 Å². The second kappa shape index (κ2) is 6.12. The zero-order valence-corrected chi connectivity index (χ0v) is 11.6. The van der Waals surface area contributed by atoms with E-state index >= 15 is 0 Å². The maximum atomic E-state index is 10.7. The van der Waals surface area contributed by atoms with Crippen molar-refractivity contribution in [1.29, 1.82) is 5.26 Å². The van der Waals surface area contributed by atoms with Crippen molar-refractivity contribution in [3.8, 4) is 6.07 Å². The van der Waals surface area contributed by atoms with Crippen molar-refractivity contribution in [2.24, 2.45) is 0 Å². The fourth-order valence-electron chi connectivity index (χ4n) is 1.65. The number of rotatable bonds is 5. The van der Waals surface area contributed by atoms with Gasteiger partial charge in [-0.25, -0.2) is 14.8 Å². The number of thiazole rings is 1. The minimum atomic E-state index is -1.01. The number of nitriles is 1. The van der Waals surface area contributed by atoms with E-state index in [2.05, 4.69) is 21.4 Å². The van der Waals surface area contributed by atoms with Crippen LogP contribution in [0.15, 0.2) is 17.5 Å². The van der Waals surface area contributed by atoms with E-state index < -0.39 is 5.97 Å². The van der Waals surface area contributed by atoms with Crippen LogP contribution in [-0.2, 0) is 6.42 Å². The molecule has 0 fully saturated rings. The van der Waals surface area contributed by atoms with E-state index in [1.54, 1.807) is 12.1 Å². The first kappa shape index (κ1) is 14.0. The normalized spacial score (nSPS) is 10.0. The molecule has 0 aromatic carbocycles. The minimum Gasteiger partial charge on any atom is -0.476 e. The van der Waals surface area contributed by atoms with Crippen molar-refractivity contribution in [2.75, 3.05) is 11.9 Å². The van der Waals surface area contributed by atoms with Crippen LogP contribution in [-0.4, -0.2) is 27.6 Å². The van der Waals surface area contributed by atoms with Crippen LogP contribution in [0.4, 0.5) is 5.82 Å². The van der Waals surface area contributed by atoms with Crippen molar-refractivity contribution >= 4 is 23.1 Å². The monoisotopic (exact) mass is 288 g/mol. The number of aryl methyl sites for hydroxylation is 1. The number of hydrogen-bond acceptors (Lipinski definition) is 6. The SMILES string of the molecule is Cc1cc(C#N)cc(NCCc2nc(C(=O)O)cs2)n1. The Morgan fingerprint density at radius 3 is 2.95 bits per heavy atom. The van der Waals surface area contributed by atoms with Crippen molar-refractivity contribution < 1.29 is 9.90 Å². The third kappa shape index (κ3) is 3.52. The maximum absolute atomic E-state index is 10.7. The predicted octanol–water partition coefficient (Wildman–Crippen LogP) is 2.07. The summed E-state index contributed by atoms with van der Waals surface area (Å²) in [6.07, 6.45) is 0.607. The van der Waals surface area contributed by atoms with E-state index in [4.69, 9.17) is 10.4 Å². The fraction of sp³-hybridized carbons (Fsp3) is 0.231. The molecule has 102 valence electrons. The summed E-state index contributed by atoms with van der Waals surface area (Å²) in [5, 5.41) is 23.0. The molecule has 2 aromatic heterocycles. The van der Waals surface area contributed by atoms with Gasteiger partial charge in [0.1, 0.15) is 5.82 Å². The number of aromatic carboxylic acids is 1. The molecule has 0 saturated carbocycles. The number of aromatic nitrogens is 2. The van der Waals surface area contributed by atoms with Crippen molar-refractivity contribution in [1.82, 2.24) is 9.97 Å². The van der Waals surface area contributed by atoms with E-state index in [9.17, 15) is 4.79 Å². The van der Waals surface area contributed by atoms with Gasteiger partial charge in [-0.15, -0.1) is 11.3 Å². The summed E-state index contributed by atoms with van der Waals surface area (Å²) in [6, 6.07) is 5.47. The van der Waals surface area contributed by atoms with Crippen LogP contribution in [0.1, 0.15) is 26.8 Å². The van der Waals surface area contributed by atoms with E-state index in [1.807, 2.05) is 6.92 Å². The molecule has 0 bridgehead atoms. The molecule has 6 nitrogen and oxygen atoms in total. The van der Waals surface area contributed by atoms with Gasteiger partial charge in [0.15, 0.2) is 5.69 Å². The van der Waals surface area contributed by atoms with E-state index in [1.165, 1.54) is 16.7 Å². The number of carboxylic acid groups (broad SMARTS) is 1. The number of carbonyl (C=O) groups is 1. The molecule has 0 aliphatic carbocycles. The van der Waals surface area contributed by atoms with Crippen molar-refractivity contribution in [2.45, 2.75) is 13.3 Å². The van der Waals surface area contributed by atoms with Gasteiger partial charge in [0.25, 0.3) is 0 Å². The lowest BCUT2D eigenvalue weighted by atomic mass is 10.2. The van der Waals surface area contributed by atoms with Gasteiger partial charge in [-0.1, -0.05) is 0 Å². The standard InChI is InChI=1S/C13H12N4O2S/c1-8-4-9(6-14)5-11(16-8)15-3-2-12-17-10(7-20-12)13(18)19/h4-5,7H,2-3H2,1H3,(H,15,16)(H,18,19). The molecule has 0 radical (unpaired) electrons. The van der Waals surface area contributed by atoms with Gasteiger partial charge >= 0.3 is 5.97 Å². The summed E-state index contributed by atoms with van der Waals surface area (Å²) >= 11 is 1.32. The number of carboxylic acids is 1. The predicted molar refractivity (Wildman–Crippen MR) is 75.0 cm³/mol. The Morgan fingerprint density at radius 1 is 1.50 bits per heavy atom. The lowest BCUT2D eigenvalue weighted by Crippen LogP contribution is -2.07. The second-order valence-electron chi connectivity index (χ2n) is 4.10. The van der Waals surface area contributed by atoms with Crippen LogP contribution in [0.25, 0.3) is 0 Å². The van der Waals surface area contributed by atoms with E-state index in [0.717, 1.165) is 10.7 Å².